The van der Waals surface area contributed by atoms with Crippen LogP contribution in [0.15, 0.2) is 89.8 Å². The average molecular weight is 766 g/mol. The second kappa shape index (κ2) is 17.6. The van der Waals surface area contributed by atoms with Gasteiger partial charge >= 0.3 is 0 Å². The molecule has 3 aromatic carbocycles. The van der Waals surface area contributed by atoms with Crippen LogP contribution in [0.4, 0.5) is 0 Å². The molecule has 1 amide bonds. The van der Waals surface area contributed by atoms with Crippen molar-refractivity contribution in [1.82, 2.24) is 4.90 Å². The minimum atomic E-state index is -1.24. The van der Waals surface area contributed by atoms with Gasteiger partial charge in [0.2, 0.25) is 5.91 Å². The Hall–Kier alpha value is -4.44. The van der Waals surface area contributed by atoms with Crippen LogP contribution < -0.4 is 14.2 Å². The smallest absolute Gasteiger partial charge is 0.227 e. The van der Waals surface area contributed by atoms with E-state index in [1.165, 1.54) is 10.5 Å². The minimum absolute atomic E-state index is 0.0702. The van der Waals surface area contributed by atoms with Gasteiger partial charge in [0.25, 0.3) is 0 Å². The van der Waals surface area contributed by atoms with Gasteiger partial charge in [-0.15, -0.1) is 11.3 Å². The number of aliphatic hydroxyl groups is 2. The number of rotatable bonds is 12. The van der Waals surface area contributed by atoms with E-state index in [1.807, 2.05) is 46.7 Å². The van der Waals surface area contributed by atoms with E-state index in [2.05, 4.69) is 32.1 Å². The fourth-order valence-corrected chi connectivity index (χ4v) is 9.38. The standard InChI is InChI=1S/C46H55NO7S/c1-31-8-6-22-45(2)40(38-18-11-32(26-35(48)15-10-31)27-39(38)44(50)34-13-16-36(52-3)17-14-34)20-23-46(45,51)30-47(24-21-37-9-7-25-55-37)43(49)29-33-12-19-41(53-4)42(28-33)54-5/h7-9,11-14,16-19,25,27-28,35,40,48,51H,6,10,15,20-24,26,29-30H2,1-5H3/t35-,40-,45-,46+/m0/s1. The summed E-state index contributed by atoms with van der Waals surface area (Å²) >= 11 is 1.67. The molecule has 4 aromatic rings. The van der Waals surface area contributed by atoms with Gasteiger partial charge in [0.1, 0.15) is 5.75 Å². The summed E-state index contributed by atoms with van der Waals surface area (Å²) in [4.78, 5) is 31.9. The zero-order valence-corrected chi connectivity index (χ0v) is 33.6. The second-order valence-corrected chi connectivity index (χ2v) is 16.5. The van der Waals surface area contributed by atoms with Crippen LogP contribution in [0, 0.1) is 5.41 Å². The molecule has 1 heterocycles. The second-order valence-electron chi connectivity index (χ2n) is 15.5. The highest BCUT2D eigenvalue weighted by Gasteiger charge is 2.57. The Balaban J connectivity index is 1.39. The summed E-state index contributed by atoms with van der Waals surface area (Å²) in [5.74, 6) is 1.50. The number of ketones is 1. The number of hydrogen-bond acceptors (Lipinski definition) is 8. The summed E-state index contributed by atoms with van der Waals surface area (Å²) in [5.41, 5.74) is 3.04. The lowest BCUT2D eigenvalue weighted by molar-refractivity contribution is -0.139. The van der Waals surface area contributed by atoms with Gasteiger partial charge in [0.15, 0.2) is 17.3 Å². The van der Waals surface area contributed by atoms with E-state index in [0.717, 1.165) is 29.5 Å². The number of hydrogen-bond donors (Lipinski definition) is 2. The molecule has 0 unspecified atom stereocenters. The van der Waals surface area contributed by atoms with Crippen LogP contribution in [0.25, 0.3) is 0 Å². The van der Waals surface area contributed by atoms with Gasteiger partial charge in [-0.25, -0.2) is 0 Å². The van der Waals surface area contributed by atoms with Gasteiger partial charge < -0.3 is 29.3 Å². The third-order valence-electron chi connectivity index (χ3n) is 12.1. The number of amides is 1. The van der Waals surface area contributed by atoms with Gasteiger partial charge in [0.05, 0.1) is 39.5 Å². The highest BCUT2D eigenvalue weighted by Crippen LogP contribution is 2.59. The summed E-state index contributed by atoms with van der Waals surface area (Å²) in [6, 6.07) is 22.9. The number of nitrogens with zero attached hydrogens (tertiary/aromatic N) is 1. The average Bonchev–Trinajstić information content (AvgIpc) is 3.80. The van der Waals surface area contributed by atoms with E-state index in [0.29, 0.717) is 73.4 Å². The first-order valence-electron chi connectivity index (χ1n) is 19.4. The Morgan fingerprint density at radius 1 is 0.927 bits per heavy atom. The normalized spacial score (nSPS) is 22.6. The van der Waals surface area contributed by atoms with Crippen molar-refractivity contribution in [2.45, 2.75) is 89.3 Å². The van der Waals surface area contributed by atoms with Crippen molar-refractivity contribution in [2.24, 2.45) is 5.41 Å². The zero-order chi connectivity index (χ0) is 39.2. The van der Waals surface area contributed by atoms with E-state index < -0.39 is 17.1 Å². The van der Waals surface area contributed by atoms with Gasteiger partial charge in [0, 0.05) is 34.5 Å². The lowest BCUT2D eigenvalue weighted by Crippen LogP contribution is -2.54. The monoisotopic (exact) mass is 765 g/mol. The molecule has 3 aliphatic rings. The Kier molecular flexibility index (Phi) is 12.9. The van der Waals surface area contributed by atoms with Crippen molar-refractivity contribution >= 4 is 23.0 Å². The molecular weight excluding hydrogens is 711 g/mol. The van der Waals surface area contributed by atoms with E-state index >= 15 is 0 Å². The maximum Gasteiger partial charge on any atom is 0.227 e. The fourth-order valence-electron chi connectivity index (χ4n) is 8.68. The molecule has 0 spiro atoms. The Bertz CT molecular complexity index is 1970. The van der Waals surface area contributed by atoms with Gasteiger partial charge in [-0.3, -0.25) is 9.59 Å². The third kappa shape index (κ3) is 9.01. The summed E-state index contributed by atoms with van der Waals surface area (Å²) in [7, 11) is 4.77. The van der Waals surface area contributed by atoms with Crippen molar-refractivity contribution in [1.29, 1.82) is 0 Å². The molecule has 9 heteroatoms. The topological polar surface area (TPSA) is 106 Å². The maximum absolute atomic E-state index is 14.5. The molecule has 1 fully saturated rings. The quantitative estimate of drug-likeness (QED) is 0.110. The van der Waals surface area contributed by atoms with Crippen LogP contribution in [0.5, 0.6) is 17.2 Å². The number of thiophene rings is 1. The van der Waals surface area contributed by atoms with Crippen molar-refractivity contribution in [2.75, 3.05) is 34.4 Å². The number of allylic oxidation sites excluding steroid dienone is 2. The van der Waals surface area contributed by atoms with Crippen LogP contribution in [0.3, 0.4) is 0 Å². The van der Waals surface area contributed by atoms with Crippen molar-refractivity contribution in [3.05, 3.63) is 123 Å². The Morgan fingerprint density at radius 2 is 1.71 bits per heavy atom. The first-order valence-corrected chi connectivity index (χ1v) is 20.2. The van der Waals surface area contributed by atoms with Crippen molar-refractivity contribution < 1.29 is 34.0 Å². The number of methoxy groups -OCH3 is 3. The highest BCUT2D eigenvalue weighted by atomic mass is 32.1. The molecule has 8 nitrogen and oxygen atoms in total. The first kappa shape index (κ1) is 40.2. The number of aliphatic hydroxyl groups excluding tert-OH is 1. The predicted molar refractivity (Wildman–Crippen MR) is 218 cm³/mol. The number of carbonyl (C=O) groups excluding carboxylic acids is 2. The molecule has 0 aliphatic heterocycles. The van der Waals surface area contributed by atoms with E-state index in [9.17, 15) is 19.8 Å². The maximum atomic E-state index is 14.5. The van der Waals surface area contributed by atoms with Gasteiger partial charge in [-0.2, -0.15) is 0 Å². The largest absolute Gasteiger partial charge is 0.497 e. The first-order chi connectivity index (χ1) is 26.5. The number of benzene rings is 3. The molecule has 55 heavy (non-hydrogen) atoms. The minimum Gasteiger partial charge on any atom is -0.497 e. The summed E-state index contributed by atoms with van der Waals surface area (Å²) in [6.07, 6.45) is 6.90. The summed E-state index contributed by atoms with van der Waals surface area (Å²) in [5, 5.41) is 26.2. The molecule has 292 valence electrons. The van der Waals surface area contributed by atoms with Crippen molar-refractivity contribution in [3.63, 3.8) is 0 Å². The van der Waals surface area contributed by atoms with Crippen molar-refractivity contribution in [3.8, 4) is 17.2 Å². The van der Waals surface area contributed by atoms with E-state index in [1.54, 1.807) is 56.9 Å². The fraction of sp³-hybridized carbons (Fsp3) is 0.435. The number of ether oxygens (including phenoxy) is 3. The third-order valence-corrected chi connectivity index (χ3v) is 13.0. The van der Waals surface area contributed by atoms with Crippen LogP contribution >= 0.6 is 11.3 Å². The molecule has 1 saturated carbocycles. The SMILES string of the molecule is COc1ccc(C(=O)c2cc3ccc2[C@@H]2CC[C@@](O)(CN(CCc4cccs4)C(=O)Cc4ccc(OC)c(OC)c4)[C@@]2(C)CCC=C(C)CC[C@H](O)C3)cc1. The lowest BCUT2D eigenvalue weighted by atomic mass is 9.64. The Labute approximate surface area is 329 Å². The molecule has 7 rings (SSSR count). The van der Waals surface area contributed by atoms with E-state index in [4.69, 9.17) is 14.2 Å². The number of fused-ring (bicyclic) bond motifs is 8. The van der Waals surface area contributed by atoms with Crippen LogP contribution in [-0.2, 0) is 24.1 Å². The molecule has 4 atom stereocenters. The molecule has 2 N–H and O–H groups in total. The molecule has 2 bridgehead atoms. The molecule has 0 radical (unpaired) electrons. The zero-order valence-electron chi connectivity index (χ0n) is 32.8. The Morgan fingerprint density at radius 3 is 2.42 bits per heavy atom. The molecule has 3 aliphatic carbocycles. The number of carbonyl (C=O) groups is 2. The van der Waals surface area contributed by atoms with E-state index in [-0.39, 0.29) is 30.6 Å². The molecular formula is C46H55NO7S. The van der Waals surface area contributed by atoms with Gasteiger partial charge in [-0.1, -0.05) is 42.8 Å². The summed E-state index contributed by atoms with van der Waals surface area (Å²) in [6.45, 7) is 4.91. The highest BCUT2D eigenvalue weighted by molar-refractivity contribution is 7.09. The molecule has 0 saturated heterocycles. The van der Waals surface area contributed by atoms with Crippen LogP contribution in [-0.4, -0.2) is 72.9 Å². The molecule has 1 aromatic heterocycles. The van der Waals surface area contributed by atoms with Crippen LogP contribution in [0.1, 0.15) is 95.8 Å². The van der Waals surface area contributed by atoms with Gasteiger partial charge in [-0.05, 0) is 135 Å². The summed E-state index contributed by atoms with van der Waals surface area (Å²) < 4.78 is 16.3. The predicted octanol–water partition coefficient (Wildman–Crippen LogP) is 8.36. The van der Waals surface area contributed by atoms with Crippen LogP contribution in [0.2, 0.25) is 0 Å². The lowest BCUT2D eigenvalue weighted by Gasteiger charge is -2.46.